The van der Waals surface area contributed by atoms with Crippen LogP contribution in [0.5, 0.6) is 0 Å². The summed E-state index contributed by atoms with van der Waals surface area (Å²) in [5.41, 5.74) is -0.426. The van der Waals surface area contributed by atoms with Gasteiger partial charge in [-0.1, -0.05) is 0 Å². The summed E-state index contributed by atoms with van der Waals surface area (Å²) in [6.07, 6.45) is 0.919. The van der Waals surface area contributed by atoms with Crippen LogP contribution in [0.4, 0.5) is 4.79 Å². The molecule has 5 nitrogen and oxygen atoms in total. The fourth-order valence-corrected chi connectivity index (χ4v) is 2.27. The predicted molar refractivity (Wildman–Crippen MR) is 64.0 cm³/mol. The Balaban J connectivity index is 1.89. The molecular formula is C12H22N2O3. The maximum absolute atomic E-state index is 11.9. The molecule has 2 aliphatic rings. The van der Waals surface area contributed by atoms with Gasteiger partial charge in [0.2, 0.25) is 0 Å². The number of nitrogens with zero attached hydrogens (tertiary/aromatic N) is 1. The Morgan fingerprint density at radius 1 is 1.47 bits per heavy atom. The van der Waals surface area contributed by atoms with E-state index in [1.54, 1.807) is 4.90 Å². The predicted octanol–water partition coefficient (Wildman–Crippen LogP) is 0.984. The third-order valence-corrected chi connectivity index (χ3v) is 3.04. The van der Waals surface area contributed by atoms with E-state index in [1.807, 2.05) is 20.8 Å². The van der Waals surface area contributed by atoms with Crippen LogP contribution < -0.4 is 5.32 Å². The number of fused-ring (bicyclic) bond motifs is 1. The first-order chi connectivity index (χ1) is 7.96. The number of carbonyl (C=O) groups is 1. The molecule has 0 aliphatic carbocycles. The van der Waals surface area contributed by atoms with Crippen molar-refractivity contribution in [3.05, 3.63) is 0 Å². The summed E-state index contributed by atoms with van der Waals surface area (Å²) < 4.78 is 11.0. The average Bonchev–Trinajstić information content (AvgIpc) is 2.26. The number of nitrogens with one attached hydrogen (secondary N) is 1. The maximum Gasteiger partial charge on any atom is 0.410 e. The van der Waals surface area contributed by atoms with Gasteiger partial charge in [-0.3, -0.25) is 0 Å². The lowest BCUT2D eigenvalue weighted by Gasteiger charge is -2.41. The highest BCUT2D eigenvalue weighted by Gasteiger charge is 2.35. The minimum absolute atomic E-state index is 0.219. The Morgan fingerprint density at radius 3 is 2.94 bits per heavy atom. The van der Waals surface area contributed by atoms with E-state index in [-0.39, 0.29) is 18.2 Å². The number of piperidine rings is 1. The lowest BCUT2D eigenvalue weighted by Crippen LogP contribution is -2.59. The molecule has 2 fully saturated rings. The van der Waals surface area contributed by atoms with Gasteiger partial charge in [-0.25, -0.2) is 4.79 Å². The van der Waals surface area contributed by atoms with Gasteiger partial charge in [0.25, 0.3) is 0 Å². The molecule has 2 saturated heterocycles. The minimum Gasteiger partial charge on any atom is -0.444 e. The highest BCUT2D eigenvalue weighted by molar-refractivity contribution is 5.68. The van der Waals surface area contributed by atoms with E-state index in [0.29, 0.717) is 6.54 Å². The molecule has 0 aromatic carbocycles. The van der Waals surface area contributed by atoms with Crippen LogP contribution >= 0.6 is 0 Å². The number of hydrogen-bond acceptors (Lipinski definition) is 4. The Kier molecular flexibility index (Phi) is 3.58. The molecule has 0 radical (unpaired) electrons. The SMILES string of the molecule is CC(C)(C)OC(=O)N1CC[C@@H]2OCCN[C@@H]2C1. The number of likely N-dealkylation sites (tertiary alicyclic amines) is 1. The molecule has 1 N–H and O–H groups in total. The van der Waals surface area contributed by atoms with E-state index in [0.717, 1.165) is 26.1 Å². The second-order valence-corrected chi connectivity index (χ2v) is 5.68. The molecule has 2 rings (SSSR count). The fraction of sp³-hybridized carbons (Fsp3) is 0.917. The quantitative estimate of drug-likeness (QED) is 0.688. The van der Waals surface area contributed by atoms with Gasteiger partial charge in [-0.15, -0.1) is 0 Å². The van der Waals surface area contributed by atoms with E-state index in [1.165, 1.54) is 0 Å². The molecule has 2 aliphatic heterocycles. The lowest BCUT2D eigenvalue weighted by atomic mass is 10.0. The number of carbonyl (C=O) groups excluding carboxylic acids is 1. The van der Waals surface area contributed by atoms with E-state index in [9.17, 15) is 4.79 Å². The van der Waals surface area contributed by atoms with E-state index < -0.39 is 5.60 Å². The first-order valence-electron chi connectivity index (χ1n) is 6.28. The normalized spacial score (nSPS) is 29.7. The molecule has 0 saturated carbocycles. The van der Waals surface area contributed by atoms with Gasteiger partial charge < -0.3 is 19.7 Å². The molecular weight excluding hydrogens is 220 g/mol. The molecule has 98 valence electrons. The van der Waals surface area contributed by atoms with Gasteiger partial charge in [-0.2, -0.15) is 0 Å². The van der Waals surface area contributed by atoms with Gasteiger partial charge in [0.05, 0.1) is 18.8 Å². The van der Waals surface area contributed by atoms with Crippen molar-refractivity contribution in [2.75, 3.05) is 26.2 Å². The zero-order chi connectivity index (χ0) is 12.5. The summed E-state index contributed by atoms with van der Waals surface area (Å²) >= 11 is 0. The molecule has 0 aromatic rings. The van der Waals surface area contributed by atoms with Crippen LogP contribution in [0.15, 0.2) is 0 Å². The van der Waals surface area contributed by atoms with Crippen molar-refractivity contribution in [1.29, 1.82) is 0 Å². The van der Waals surface area contributed by atoms with E-state index in [2.05, 4.69) is 5.32 Å². The maximum atomic E-state index is 11.9. The summed E-state index contributed by atoms with van der Waals surface area (Å²) in [5.74, 6) is 0. The highest BCUT2D eigenvalue weighted by atomic mass is 16.6. The van der Waals surface area contributed by atoms with Gasteiger partial charge in [-0.05, 0) is 27.2 Å². The third kappa shape index (κ3) is 3.33. The van der Waals surface area contributed by atoms with Gasteiger partial charge >= 0.3 is 6.09 Å². The van der Waals surface area contributed by atoms with Crippen molar-refractivity contribution < 1.29 is 14.3 Å². The second kappa shape index (κ2) is 4.82. The third-order valence-electron chi connectivity index (χ3n) is 3.04. The fourth-order valence-electron chi connectivity index (χ4n) is 2.27. The van der Waals surface area contributed by atoms with Crippen LogP contribution in [0.25, 0.3) is 0 Å². The zero-order valence-corrected chi connectivity index (χ0v) is 10.9. The van der Waals surface area contributed by atoms with Gasteiger partial charge in [0, 0.05) is 19.6 Å². The monoisotopic (exact) mass is 242 g/mol. The number of ether oxygens (including phenoxy) is 2. The van der Waals surface area contributed by atoms with Gasteiger partial charge in [0.1, 0.15) is 5.60 Å². The van der Waals surface area contributed by atoms with Crippen LogP contribution in [0.1, 0.15) is 27.2 Å². The van der Waals surface area contributed by atoms with E-state index in [4.69, 9.17) is 9.47 Å². The minimum atomic E-state index is -0.426. The molecule has 1 amide bonds. The topological polar surface area (TPSA) is 50.8 Å². The van der Waals surface area contributed by atoms with Crippen LogP contribution in [0.2, 0.25) is 0 Å². The van der Waals surface area contributed by atoms with Crippen LogP contribution in [0, 0.1) is 0 Å². The van der Waals surface area contributed by atoms with Crippen LogP contribution in [-0.4, -0.2) is 55.0 Å². The van der Waals surface area contributed by atoms with Crippen molar-refractivity contribution in [2.24, 2.45) is 0 Å². The molecule has 2 heterocycles. The largest absolute Gasteiger partial charge is 0.444 e. The standard InChI is InChI=1S/C12H22N2O3/c1-12(2,3)17-11(15)14-6-4-10-9(8-14)13-5-7-16-10/h9-10,13H,4-8H2,1-3H3/t9-,10+/m1/s1. The van der Waals surface area contributed by atoms with Crippen LogP contribution in [-0.2, 0) is 9.47 Å². The Bertz CT molecular complexity index is 288. The Hall–Kier alpha value is -0.810. The smallest absolute Gasteiger partial charge is 0.410 e. The first kappa shape index (κ1) is 12.6. The average molecular weight is 242 g/mol. The van der Waals surface area contributed by atoms with Crippen molar-refractivity contribution >= 4 is 6.09 Å². The van der Waals surface area contributed by atoms with Crippen molar-refractivity contribution in [2.45, 2.75) is 44.9 Å². The Morgan fingerprint density at radius 2 is 2.24 bits per heavy atom. The summed E-state index contributed by atoms with van der Waals surface area (Å²) in [6.45, 7) is 8.70. The second-order valence-electron chi connectivity index (χ2n) is 5.68. The highest BCUT2D eigenvalue weighted by Crippen LogP contribution is 2.19. The molecule has 5 heteroatoms. The number of morpholine rings is 1. The first-order valence-corrected chi connectivity index (χ1v) is 6.28. The lowest BCUT2D eigenvalue weighted by molar-refractivity contribution is -0.0484. The van der Waals surface area contributed by atoms with Gasteiger partial charge in [0.15, 0.2) is 0 Å². The Labute approximate surface area is 102 Å². The van der Waals surface area contributed by atoms with E-state index >= 15 is 0 Å². The molecule has 0 bridgehead atoms. The summed E-state index contributed by atoms with van der Waals surface area (Å²) in [5, 5.41) is 3.39. The van der Waals surface area contributed by atoms with Crippen molar-refractivity contribution in [3.63, 3.8) is 0 Å². The van der Waals surface area contributed by atoms with Crippen molar-refractivity contribution in [1.82, 2.24) is 10.2 Å². The molecule has 2 atom stereocenters. The molecule has 0 spiro atoms. The summed E-state index contributed by atoms with van der Waals surface area (Å²) in [4.78, 5) is 13.7. The number of amides is 1. The summed E-state index contributed by atoms with van der Waals surface area (Å²) in [6, 6.07) is 0.255. The number of rotatable bonds is 0. The van der Waals surface area contributed by atoms with Crippen molar-refractivity contribution in [3.8, 4) is 0 Å². The number of hydrogen-bond donors (Lipinski definition) is 1. The molecule has 0 aromatic heterocycles. The van der Waals surface area contributed by atoms with Crippen LogP contribution in [0.3, 0.4) is 0 Å². The zero-order valence-electron chi connectivity index (χ0n) is 10.9. The summed E-state index contributed by atoms with van der Waals surface area (Å²) in [7, 11) is 0. The molecule has 17 heavy (non-hydrogen) atoms. The molecule has 0 unspecified atom stereocenters.